The first-order chi connectivity index (χ1) is 14.4. The number of amides is 2. The minimum Gasteiger partial charge on any atom is -0.353 e. The molecule has 1 atom stereocenters. The van der Waals surface area contributed by atoms with Gasteiger partial charge in [-0.3, -0.25) is 9.59 Å². The van der Waals surface area contributed by atoms with Crippen LogP contribution in [0.5, 0.6) is 0 Å². The van der Waals surface area contributed by atoms with Crippen LogP contribution in [0.1, 0.15) is 30.9 Å². The number of carbonyl (C=O) groups excluding carboxylic acids is 2. The van der Waals surface area contributed by atoms with Crippen molar-refractivity contribution in [2.24, 2.45) is 5.92 Å². The van der Waals surface area contributed by atoms with Gasteiger partial charge in [-0.05, 0) is 50.0 Å². The Bertz CT molecular complexity index is 886. The van der Waals surface area contributed by atoms with E-state index in [0.717, 1.165) is 5.56 Å². The first kappa shape index (κ1) is 21.7. The van der Waals surface area contributed by atoms with Crippen molar-refractivity contribution in [2.75, 3.05) is 13.1 Å². The molecular formula is C24H26F2N2O2. The Hall–Kier alpha value is -3.02. The number of likely N-dealkylation sites (tertiary alicyclic amines) is 1. The Morgan fingerprint density at radius 3 is 2.33 bits per heavy atom. The average Bonchev–Trinajstić information content (AvgIpc) is 2.75. The second kappa shape index (κ2) is 10.1. The minimum atomic E-state index is -0.605. The van der Waals surface area contributed by atoms with Crippen LogP contribution in [-0.2, 0) is 16.0 Å². The Morgan fingerprint density at radius 2 is 1.70 bits per heavy atom. The van der Waals surface area contributed by atoms with Gasteiger partial charge >= 0.3 is 0 Å². The Balaban J connectivity index is 1.46. The third-order valence-electron chi connectivity index (χ3n) is 5.36. The number of halogens is 2. The van der Waals surface area contributed by atoms with Crippen molar-refractivity contribution in [3.63, 3.8) is 0 Å². The van der Waals surface area contributed by atoms with Crippen molar-refractivity contribution in [3.8, 4) is 0 Å². The topological polar surface area (TPSA) is 49.4 Å². The number of rotatable bonds is 6. The molecule has 4 nitrogen and oxygen atoms in total. The maximum Gasteiger partial charge on any atom is 0.246 e. The summed E-state index contributed by atoms with van der Waals surface area (Å²) in [5.74, 6) is -1.62. The van der Waals surface area contributed by atoms with Gasteiger partial charge in [-0.2, -0.15) is 0 Å². The normalized spacial score (nSPS) is 15.9. The highest BCUT2D eigenvalue weighted by Gasteiger charge is 2.27. The van der Waals surface area contributed by atoms with E-state index in [-0.39, 0.29) is 29.7 Å². The van der Waals surface area contributed by atoms with E-state index in [2.05, 4.69) is 5.32 Å². The van der Waals surface area contributed by atoms with Crippen molar-refractivity contribution in [1.29, 1.82) is 0 Å². The van der Waals surface area contributed by atoms with E-state index in [9.17, 15) is 18.4 Å². The van der Waals surface area contributed by atoms with Crippen LogP contribution in [0.4, 0.5) is 8.78 Å². The average molecular weight is 412 g/mol. The number of carbonyl (C=O) groups is 2. The molecule has 0 bridgehead atoms. The van der Waals surface area contributed by atoms with E-state index in [1.807, 2.05) is 30.3 Å². The second-order valence-electron chi connectivity index (χ2n) is 7.66. The van der Waals surface area contributed by atoms with E-state index in [1.54, 1.807) is 24.0 Å². The maximum atomic E-state index is 13.8. The summed E-state index contributed by atoms with van der Waals surface area (Å²) in [6.07, 6.45) is 4.56. The Kier molecular flexibility index (Phi) is 7.33. The number of benzene rings is 2. The lowest BCUT2D eigenvalue weighted by atomic mass is 9.95. The van der Waals surface area contributed by atoms with E-state index >= 15 is 0 Å². The van der Waals surface area contributed by atoms with Crippen molar-refractivity contribution in [3.05, 3.63) is 77.4 Å². The third-order valence-corrected chi connectivity index (χ3v) is 5.36. The fourth-order valence-corrected chi connectivity index (χ4v) is 3.64. The lowest BCUT2D eigenvalue weighted by molar-refractivity contribution is -0.132. The number of nitrogens with one attached hydrogen (secondary N) is 1. The number of hydrogen-bond donors (Lipinski definition) is 1. The summed E-state index contributed by atoms with van der Waals surface area (Å²) < 4.78 is 27.6. The van der Waals surface area contributed by atoms with Gasteiger partial charge in [0.25, 0.3) is 0 Å². The van der Waals surface area contributed by atoms with Crippen LogP contribution in [0.2, 0.25) is 0 Å². The molecule has 0 saturated carbocycles. The zero-order valence-corrected chi connectivity index (χ0v) is 17.0. The van der Waals surface area contributed by atoms with Crippen LogP contribution < -0.4 is 5.32 Å². The SMILES string of the molecule is CC(Cc1c(F)cccc1F)NC(=O)C1CCN(C(=O)C=Cc2ccccc2)CC1. The van der Waals surface area contributed by atoms with Crippen molar-refractivity contribution in [2.45, 2.75) is 32.2 Å². The molecule has 1 unspecified atom stereocenters. The minimum absolute atomic E-state index is 0.0177. The molecular weight excluding hydrogens is 386 g/mol. The number of hydrogen-bond acceptors (Lipinski definition) is 2. The van der Waals surface area contributed by atoms with Gasteiger partial charge in [0, 0.05) is 36.7 Å². The molecule has 1 aliphatic rings. The van der Waals surface area contributed by atoms with Crippen molar-refractivity contribution < 1.29 is 18.4 Å². The van der Waals surface area contributed by atoms with Gasteiger partial charge < -0.3 is 10.2 Å². The predicted molar refractivity (Wildman–Crippen MR) is 112 cm³/mol. The summed E-state index contributed by atoms with van der Waals surface area (Å²) in [4.78, 5) is 26.6. The van der Waals surface area contributed by atoms with Crippen LogP contribution >= 0.6 is 0 Å². The first-order valence-electron chi connectivity index (χ1n) is 10.2. The van der Waals surface area contributed by atoms with E-state index < -0.39 is 17.7 Å². The largest absolute Gasteiger partial charge is 0.353 e. The monoisotopic (exact) mass is 412 g/mol. The van der Waals surface area contributed by atoms with Crippen LogP contribution in [0, 0.1) is 17.6 Å². The standard InChI is InChI=1S/C24H26F2N2O2/c1-17(16-20-21(25)8-5-9-22(20)26)27-24(30)19-12-14-28(15-13-19)23(29)11-10-18-6-3-2-4-7-18/h2-11,17,19H,12-16H2,1H3,(H,27,30). The fraction of sp³-hybridized carbons (Fsp3) is 0.333. The lowest BCUT2D eigenvalue weighted by Gasteiger charge is -2.31. The first-order valence-corrected chi connectivity index (χ1v) is 10.2. The fourth-order valence-electron chi connectivity index (χ4n) is 3.64. The maximum absolute atomic E-state index is 13.8. The van der Waals surface area contributed by atoms with Gasteiger partial charge in [-0.15, -0.1) is 0 Å². The van der Waals surface area contributed by atoms with Crippen LogP contribution in [0.3, 0.4) is 0 Å². The Labute approximate surface area is 175 Å². The van der Waals surface area contributed by atoms with E-state index in [1.165, 1.54) is 18.2 Å². The van der Waals surface area contributed by atoms with E-state index in [0.29, 0.717) is 25.9 Å². The number of piperidine rings is 1. The summed E-state index contributed by atoms with van der Waals surface area (Å²) in [5, 5.41) is 2.85. The molecule has 1 saturated heterocycles. The molecule has 1 N–H and O–H groups in total. The Morgan fingerprint density at radius 1 is 1.07 bits per heavy atom. The van der Waals surface area contributed by atoms with Crippen LogP contribution in [-0.4, -0.2) is 35.8 Å². The molecule has 2 aromatic rings. The molecule has 1 heterocycles. The molecule has 0 aromatic heterocycles. The van der Waals surface area contributed by atoms with Gasteiger partial charge in [0.05, 0.1) is 0 Å². The molecule has 1 aliphatic heterocycles. The summed E-state index contributed by atoms with van der Waals surface area (Å²) in [7, 11) is 0. The van der Waals surface area contributed by atoms with Gasteiger partial charge in [-0.25, -0.2) is 8.78 Å². The van der Waals surface area contributed by atoms with Gasteiger partial charge in [0.15, 0.2) is 0 Å². The summed E-state index contributed by atoms with van der Waals surface area (Å²) in [5.41, 5.74) is 0.941. The van der Waals surface area contributed by atoms with Crippen LogP contribution in [0.25, 0.3) is 6.08 Å². The molecule has 2 amide bonds. The summed E-state index contributed by atoms with van der Waals surface area (Å²) in [6.45, 7) is 2.75. The molecule has 1 fully saturated rings. The molecule has 6 heteroatoms. The highest BCUT2D eigenvalue weighted by atomic mass is 19.1. The summed E-state index contributed by atoms with van der Waals surface area (Å²) >= 11 is 0. The highest BCUT2D eigenvalue weighted by Crippen LogP contribution is 2.19. The van der Waals surface area contributed by atoms with Gasteiger partial charge in [0.2, 0.25) is 11.8 Å². The molecule has 0 radical (unpaired) electrons. The molecule has 30 heavy (non-hydrogen) atoms. The molecule has 3 rings (SSSR count). The van der Waals surface area contributed by atoms with E-state index in [4.69, 9.17) is 0 Å². The zero-order valence-electron chi connectivity index (χ0n) is 17.0. The van der Waals surface area contributed by atoms with Gasteiger partial charge in [-0.1, -0.05) is 36.4 Å². The second-order valence-corrected chi connectivity index (χ2v) is 7.66. The predicted octanol–water partition coefficient (Wildman–Crippen LogP) is 3.96. The summed E-state index contributed by atoms with van der Waals surface area (Å²) in [6, 6.07) is 13.0. The molecule has 0 aliphatic carbocycles. The van der Waals surface area contributed by atoms with Crippen molar-refractivity contribution >= 4 is 17.9 Å². The van der Waals surface area contributed by atoms with Crippen molar-refractivity contribution in [1.82, 2.24) is 10.2 Å². The van der Waals surface area contributed by atoms with Gasteiger partial charge in [0.1, 0.15) is 11.6 Å². The number of nitrogens with zero attached hydrogens (tertiary/aromatic N) is 1. The molecule has 2 aromatic carbocycles. The van der Waals surface area contributed by atoms with Crippen LogP contribution in [0.15, 0.2) is 54.6 Å². The third kappa shape index (κ3) is 5.75. The highest BCUT2D eigenvalue weighted by molar-refractivity contribution is 5.92. The lowest BCUT2D eigenvalue weighted by Crippen LogP contribution is -2.45. The zero-order chi connectivity index (χ0) is 21.5. The smallest absolute Gasteiger partial charge is 0.246 e. The quantitative estimate of drug-likeness (QED) is 0.730. The molecule has 158 valence electrons. The molecule has 0 spiro atoms.